The van der Waals surface area contributed by atoms with Gasteiger partial charge in [0.15, 0.2) is 0 Å². The van der Waals surface area contributed by atoms with Crippen molar-refractivity contribution in [3.05, 3.63) is 35.9 Å². The first kappa shape index (κ1) is 15.6. The summed E-state index contributed by atoms with van der Waals surface area (Å²) < 4.78 is 0. The minimum Gasteiger partial charge on any atom is -0.313 e. The molecule has 1 nitrogen and oxygen atoms in total. The van der Waals surface area contributed by atoms with E-state index in [1.54, 1.807) is 0 Å². The lowest BCUT2D eigenvalue weighted by atomic mass is 9.75. The van der Waals surface area contributed by atoms with Gasteiger partial charge in [0.05, 0.1) is 0 Å². The minimum absolute atomic E-state index is 0.451. The highest BCUT2D eigenvalue weighted by Crippen LogP contribution is 2.37. The molecule has 0 spiro atoms. The summed E-state index contributed by atoms with van der Waals surface area (Å²) in [6, 6.07) is 11.7. The van der Waals surface area contributed by atoms with Gasteiger partial charge in [-0.1, -0.05) is 70.4 Å². The Morgan fingerprint density at radius 1 is 1.10 bits per heavy atom. The van der Waals surface area contributed by atoms with Crippen molar-refractivity contribution in [3.63, 3.8) is 0 Å². The maximum Gasteiger partial charge on any atom is 0.00789 e. The Labute approximate surface area is 125 Å². The van der Waals surface area contributed by atoms with Crippen molar-refractivity contribution in [1.29, 1.82) is 0 Å². The van der Waals surface area contributed by atoms with E-state index >= 15 is 0 Å². The predicted octanol–water partition coefficient (Wildman–Crippen LogP) is 5.13. The highest BCUT2D eigenvalue weighted by Gasteiger charge is 2.31. The van der Waals surface area contributed by atoms with Gasteiger partial charge >= 0.3 is 0 Å². The summed E-state index contributed by atoms with van der Waals surface area (Å²) in [5, 5.41) is 3.79. The fraction of sp³-hybridized carbons (Fsp3) is 0.684. The number of rotatable bonds is 8. The molecular weight excluding hydrogens is 242 g/mol. The van der Waals surface area contributed by atoms with E-state index in [1.807, 2.05) is 0 Å². The molecule has 1 aliphatic rings. The Hall–Kier alpha value is -0.820. The monoisotopic (exact) mass is 273 g/mol. The Balaban J connectivity index is 1.65. The fourth-order valence-corrected chi connectivity index (χ4v) is 3.14. The zero-order valence-corrected chi connectivity index (χ0v) is 13.5. The molecule has 1 fully saturated rings. The fourth-order valence-electron chi connectivity index (χ4n) is 3.14. The van der Waals surface area contributed by atoms with Crippen LogP contribution in [0.5, 0.6) is 0 Å². The van der Waals surface area contributed by atoms with E-state index in [2.05, 4.69) is 56.4 Å². The van der Waals surface area contributed by atoms with Crippen LogP contribution in [-0.4, -0.2) is 12.6 Å². The first-order valence-corrected chi connectivity index (χ1v) is 8.39. The zero-order chi connectivity index (χ0) is 14.4. The van der Waals surface area contributed by atoms with Crippen molar-refractivity contribution in [3.8, 4) is 0 Å². The van der Waals surface area contributed by atoms with E-state index in [9.17, 15) is 0 Å². The van der Waals surface area contributed by atoms with Crippen molar-refractivity contribution in [2.75, 3.05) is 6.54 Å². The van der Waals surface area contributed by atoms with E-state index < -0.39 is 0 Å². The topological polar surface area (TPSA) is 12.0 Å². The van der Waals surface area contributed by atoms with Crippen molar-refractivity contribution in [2.24, 2.45) is 5.41 Å². The molecule has 112 valence electrons. The summed E-state index contributed by atoms with van der Waals surface area (Å²) >= 11 is 0. The molecule has 0 saturated heterocycles. The largest absolute Gasteiger partial charge is 0.313 e. The number of hydrogen-bond donors (Lipinski definition) is 1. The van der Waals surface area contributed by atoms with Crippen molar-refractivity contribution >= 4 is 0 Å². The van der Waals surface area contributed by atoms with E-state index in [1.165, 1.54) is 50.6 Å². The molecule has 1 heteroatoms. The highest BCUT2D eigenvalue weighted by molar-refractivity contribution is 5.22. The molecule has 1 aromatic carbocycles. The maximum absolute atomic E-state index is 3.79. The Morgan fingerprint density at radius 3 is 2.45 bits per heavy atom. The predicted molar refractivity (Wildman–Crippen MR) is 88.1 cm³/mol. The van der Waals surface area contributed by atoms with Crippen LogP contribution in [0.15, 0.2) is 30.3 Å². The third-order valence-corrected chi connectivity index (χ3v) is 4.74. The van der Waals surface area contributed by atoms with Gasteiger partial charge in [-0.2, -0.15) is 0 Å². The van der Waals surface area contributed by atoms with Crippen LogP contribution in [0.4, 0.5) is 0 Å². The van der Waals surface area contributed by atoms with Crippen molar-refractivity contribution < 1.29 is 0 Å². The molecule has 1 saturated carbocycles. The molecule has 0 amide bonds. The smallest absolute Gasteiger partial charge is 0.00789 e. The number of benzene rings is 1. The third-order valence-electron chi connectivity index (χ3n) is 4.74. The molecule has 0 heterocycles. The highest BCUT2D eigenvalue weighted by atomic mass is 14.9. The van der Waals surface area contributed by atoms with Gasteiger partial charge in [-0.15, -0.1) is 0 Å². The Bertz CT molecular complexity index is 376. The van der Waals surface area contributed by atoms with Crippen LogP contribution < -0.4 is 5.32 Å². The first-order valence-electron chi connectivity index (χ1n) is 8.39. The van der Waals surface area contributed by atoms with Gasteiger partial charge < -0.3 is 5.32 Å². The van der Waals surface area contributed by atoms with Crippen LogP contribution in [0.3, 0.4) is 0 Å². The quantitative estimate of drug-likeness (QED) is 0.648. The normalized spacial score (nSPS) is 22.6. The summed E-state index contributed by atoms with van der Waals surface area (Å²) in [7, 11) is 0. The Morgan fingerprint density at radius 2 is 1.80 bits per heavy atom. The molecule has 0 unspecified atom stereocenters. The van der Waals surface area contributed by atoms with Gasteiger partial charge in [0, 0.05) is 12.6 Å². The average Bonchev–Trinajstić information content (AvgIpc) is 2.38. The van der Waals surface area contributed by atoms with Gasteiger partial charge in [0.1, 0.15) is 0 Å². The summed E-state index contributed by atoms with van der Waals surface area (Å²) in [5.41, 5.74) is 1.97. The second-order valence-electron chi connectivity index (χ2n) is 7.28. The van der Waals surface area contributed by atoms with Crippen LogP contribution in [-0.2, 0) is 0 Å². The van der Waals surface area contributed by atoms with Crippen molar-refractivity contribution in [2.45, 2.75) is 71.3 Å². The summed E-state index contributed by atoms with van der Waals surface area (Å²) in [5.74, 6) is 0.789. The van der Waals surface area contributed by atoms with Crippen LogP contribution >= 0.6 is 0 Å². The first-order chi connectivity index (χ1) is 9.61. The molecule has 0 radical (unpaired) electrons. The van der Waals surface area contributed by atoms with Gasteiger partial charge in [-0.3, -0.25) is 0 Å². The maximum atomic E-state index is 3.79. The van der Waals surface area contributed by atoms with Gasteiger partial charge in [-0.05, 0) is 36.2 Å². The lowest BCUT2D eigenvalue weighted by molar-refractivity contribution is 0.231. The second-order valence-corrected chi connectivity index (χ2v) is 7.28. The molecule has 1 N–H and O–H groups in total. The molecule has 0 aliphatic heterocycles. The van der Waals surface area contributed by atoms with E-state index in [0.29, 0.717) is 5.41 Å². The summed E-state index contributed by atoms with van der Waals surface area (Å²) in [6.07, 6.45) is 8.06. The molecule has 0 aromatic heterocycles. The molecular formula is C19H31N. The number of hydrogen-bond acceptors (Lipinski definition) is 1. The summed E-state index contributed by atoms with van der Waals surface area (Å²) in [4.78, 5) is 0. The number of unbranched alkanes of at least 4 members (excludes halogenated alkanes) is 2. The summed E-state index contributed by atoms with van der Waals surface area (Å²) in [6.45, 7) is 8.26. The van der Waals surface area contributed by atoms with Gasteiger partial charge in [0.2, 0.25) is 0 Å². The SMILES string of the molecule is CCCCCC(C)(C)CNC1CC(c2ccccc2)C1. The molecule has 20 heavy (non-hydrogen) atoms. The van der Waals surface area contributed by atoms with Crippen molar-refractivity contribution in [1.82, 2.24) is 5.32 Å². The van der Waals surface area contributed by atoms with Gasteiger partial charge in [0.25, 0.3) is 0 Å². The van der Waals surface area contributed by atoms with Crippen LogP contribution in [0.25, 0.3) is 0 Å². The van der Waals surface area contributed by atoms with E-state index in [4.69, 9.17) is 0 Å². The van der Waals surface area contributed by atoms with E-state index in [0.717, 1.165) is 12.0 Å². The van der Waals surface area contributed by atoms with Crippen LogP contribution in [0.2, 0.25) is 0 Å². The Kier molecular flexibility index (Phi) is 5.65. The molecule has 1 aliphatic carbocycles. The molecule has 0 atom stereocenters. The average molecular weight is 273 g/mol. The van der Waals surface area contributed by atoms with Crippen LogP contribution in [0.1, 0.15) is 70.8 Å². The van der Waals surface area contributed by atoms with Gasteiger partial charge in [-0.25, -0.2) is 0 Å². The molecule has 1 aromatic rings. The second kappa shape index (κ2) is 7.26. The third kappa shape index (κ3) is 4.63. The molecule has 2 rings (SSSR count). The minimum atomic E-state index is 0.451. The van der Waals surface area contributed by atoms with Crippen LogP contribution in [0, 0.1) is 5.41 Å². The lowest BCUT2D eigenvalue weighted by Gasteiger charge is -2.38. The standard InChI is InChI=1S/C19H31N/c1-4-5-9-12-19(2,3)15-20-18-13-17(14-18)16-10-7-6-8-11-16/h6-8,10-11,17-18,20H,4-5,9,12-15H2,1-3H3. The molecule has 0 bridgehead atoms. The zero-order valence-electron chi connectivity index (χ0n) is 13.5. The lowest BCUT2D eigenvalue weighted by Crippen LogP contribution is -2.44. The van der Waals surface area contributed by atoms with E-state index in [-0.39, 0.29) is 0 Å². The number of nitrogens with one attached hydrogen (secondary N) is 1.